The number of carbonyl (C=O) groups is 1. The molecule has 1 aliphatic heterocycles. The minimum atomic E-state index is -0.532. The Labute approximate surface area is 154 Å². The molecule has 0 atom stereocenters. The molecule has 0 aliphatic carbocycles. The molecule has 0 aromatic heterocycles. The van der Waals surface area contributed by atoms with Gasteiger partial charge in [-0.15, -0.1) is 12.4 Å². The van der Waals surface area contributed by atoms with Crippen LogP contribution in [0.15, 0.2) is 18.2 Å². The highest BCUT2D eigenvalue weighted by Gasteiger charge is 2.40. The molecule has 1 saturated heterocycles. The quantitative estimate of drug-likeness (QED) is 0.841. The Morgan fingerprint density at radius 3 is 2.26 bits per heavy atom. The standard InChI is InChI=1S/C17H24Cl2N2O.ClH/c1-3-17(4-2,12-5-6-14(18)15(19)11-12)16(22)21-9-7-13(20)8-10-21;/h5-6,11,13H,3-4,7-10,20H2,1-2H3;1H. The van der Waals surface area contributed by atoms with Crippen LogP contribution < -0.4 is 5.73 Å². The van der Waals surface area contributed by atoms with Crippen LogP contribution in [0.2, 0.25) is 10.0 Å². The molecule has 6 heteroatoms. The summed E-state index contributed by atoms with van der Waals surface area (Å²) < 4.78 is 0. The molecule has 2 N–H and O–H groups in total. The number of rotatable bonds is 4. The predicted octanol–water partition coefficient (Wildman–Crippen LogP) is 4.42. The van der Waals surface area contributed by atoms with Gasteiger partial charge in [0.1, 0.15) is 0 Å². The molecule has 130 valence electrons. The van der Waals surface area contributed by atoms with E-state index in [1.54, 1.807) is 6.07 Å². The second kappa shape index (κ2) is 8.57. The van der Waals surface area contributed by atoms with E-state index in [0.717, 1.165) is 44.3 Å². The third-order valence-electron chi connectivity index (χ3n) is 4.92. The lowest BCUT2D eigenvalue weighted by molar-refractivity contribution is -0.139. The highest BCUT2D eigenvalue weighted by molar-refractivity contribution is 6.42. The van der Waals surface area contributed by atoms with Crippen molar-refractivity contribution in [2.45, 2.75) is 51.0 Å². The van der Waals surface area contributed by atoms with Crippen LogP contribution in [0.4, 0.5) is 0 Å². The second-order valence-electron chi connectivity index (χ2n) is 6.05. The number of nitrogens with two attached hydrogens (primary N) is 1. The molecule has 0 saturated carbocycles. The van der Waals surface area contributed by atoms with Crippen LogP contribution in [0.3, 0.4) is 0 Å². The Hall–Kier alpha value is -0.480. The van der Waals surface area contributed by atoms with Crippen molar-refractivity contribution >= 4 is 41.5 Å². The summed E-state index contributed by atoms with van der Waals surface area (Å²) in [7, 11) is 0. The van der Waals surface area contributed by atoms with Crippen LogP contribution in [0.5, 0.6) is 0 Å². The number of hydrogen-bond acceptors (Lipinski definition) is 2. The fourth-order valence-corrected chi connectivity index (χ4v) is 3.58. The van der Waals surface area contributed by atoms with E-state index in [-0.39, 0.29) is 24.4 Å². The topological polar surface area (TPSA) is 46.3 Å². The van der Waals surface area contributed by atoms with Crippen LogP contribution in [0.25, 0.3) is 0 Å². The van der Waals surface area contributed by atoms with Crippen LogP contribution in [-0.4, -0.2) is 29.9 Å². The van der Waals surface area contributed by atoms with Crippen molar-refractivity contribution in [3.63, 3.8) is 0 Å². The number of likely N-dealkylation sites (tertiary alicyclic amines) is 1. The van der Waals surface area contributed by atoms with Crippen molar-refractivity contribution < 1.29 is 4.79 Å². The molecule has 1 amide bonds. The first kappa shape index (κ1) is 20.6. The minimum absolute atomic E-state index is 0. The summed E-state index contributed by atoms with van der Waals surface area (Å²) in [5.41, 5.74) is 6.37. The maximum atomic E-state index is 13.2. The zero-order valence-electron chi connectivity index (χ0n) is 13.6. The molecular weight excluding hydrogens is 355 g/mol. The van der Waals surface area contributed by atoms with Gasteiger partial charge in [0.05, 0.1) is 15.5 Å². The average molecular weight is 380 g/mol. The van der Waals surface area contributed by atoms with E-state index in [4.69, 9.17) is 28.9 Å². The first-order chi connectivity index (χ1) is 10.4. The van der Waals surface area contributed by atoms with E-state index in [2.05, 4.69) is 13.8 Å². The largest absolute Gasteiger partial charge is 0.342 e. The number of benzene rings is 1. The summed E-state index contributed by atoms with van der Waals surface area (Å²) in [4.78, 5) is 15.2. The van der Waals surface area contributed by atoms with Crippen molar-refractivity contribution in [1.82, 2.24) is 4.90 Å². The molecule has 0 unspecified atom stereocenters. The summed E-state index contributed by atoms with van der Waals surface area (Å²) in [6.07, 6.45) is 3.22. The lowest BCUT2D eigenvalue weighted by Gasteiger charge is -2.39. The van der Waals surface area contributed by atoms with Crippen molar-refractivity contribution in [2.75, 3.05) is 13.1 Å². The molecule has 1 aliphatic rings. The number of hydrogen-bond donors (Lipinski definition) is 1. The Morgan fingerprint density at radius 2 is 1.78 bits per heavy atom. The molecule has 1 heterocycles. The van der Waals surface area contributed by atoms with Crippen molar-refractivity contribution in [2.24, 2.45) is 5.73 Å². The van der Waals surface area contributed by atoms with Gasteiger partial charge in [-0.1, -0.05) is 43.1 Å². The monoisotopic (exact) mass is 378 g/mol. The Balaban J connectivity index is 0.00000264. The van der Waals surface area contributed by atoms with E-state index >= 15 is 0 Å². The predicted molar refractivity (Wildman–Crippen MR) is 99.8 cm³/mol. The molecule has 0 spiro atoms. The Morgan fingerprint density at radius 1 is 1.22 bits per heavy atom. The normalized spacial score (nSPS) is 16.1. The third-order valence-corrected chi connectivity index (χ3v) is 5.65. The van der Waals surface area contributed by atoms with E-state index in [9.17, 15) is 4.79 Å². The van der Waals surface area contributed by atoms with E-state index in [1.807, 2.05) is 17.0 Å². The third kappa shape index (κ3) is 4.14. The van der Waals surface area contributed by atoms with Gasteiger partial charge >= 0.3 is 0 Å². The maximum Gasteiger partial charge on any atom is 0.233 e. The van der Waals surface area contributed by atoms with Gasteiger partial charge in [-0.2, -0.15) is 0 Å². The van der Waals surface area contributed by atoms with Crippen LogP contribution in [0, 0.1) is 0 Å². The fraction of sp³-hybridized carbons (Fsp3) is 0.588. The summed E-state index contributed by atoms with van der Waals surface area (Å²) in [5, 5.41) is 1.02. The lowest BCUT2D eigenvalue weighted by Crippen LogP contribution is -2.51. The second-order valence-corrected chi connectivity index (χ2v) is 6.86. The van der Waals surface area contributed by atoms with Crippen molar-refractivity contribution in [1.29, 1.82) is 0 Å². The zero-order chi connectivity index (χ0) is 16.3. The molecule has 1 fully saturated rings. The van der Waals surface area contributed by atoms with Gasteiger partial charge in [-0.3, -0.25) is 4.79 Å². The molecule has 2 rings (SSSR count). The fourth-order valence-electron chi connectivity index (χ4n) is 3.28. The lowest BCUT2D eigenvalue weighted by atomic mass is 9.74. The zero-order valence-corrected chi connectivity index (χ0v) is 16.0. The number of halogens is 3. The number of nitrogens with zero attached hydrogens (tertiary/aromatic N) is 1. The molecule has 3 nitrogen and oxygen atoms in total. The maximum absolute atomic E-state index is 13.2. The molecule has 0 radical (unpaired) electrons. The average Bonchev–Trinajstić information content (AvgIpc) is 2.53. The summed E-state index contributed by atoms with van der Waals surface area (Å²) in [5.74, 6) is 0.183. The number of carbonyl (C=O) groups excluding carboxylic acids is 1. The first-order valence-electron chi connectivity index (χ1n) is 7.95. The smallest absolute Gasteiger partial charge is 0.233 e. The van der Waals surface area contributed by atoms with E-state index in [1.165, 1.54) is 0 Å². The highest BCUT2D eigenvalue weighted by atomic mass is 35.5. The van der Waals surface area contributed by atoms with E-state index < -0.39 is 5.41 Å². The molecular formula is C17H25Cl3N2O. The van der Waals surface area contributed by atoms with Gasteiger partial charge in [0, 0.05) is 19.1 Å². The number of piperidine rings is 1. The Bertz CT molecular complexity index is 539. The van der Waals surface area contributed by atoms with Crippen LogP contribution in [0.1, 0.15) is 45.1 Å². The van der Waals surface area contributed by atoms with Gasteiger partial charge in [0.2, 0.25) is 5.91 Å². The molecule has 23 heavy (non-hydrogen) atoms. The SMILES string of the molecule is CCC(CC)(C(=O)N1CCC(N)CC1)c1ccc(Cl)c(Cl)c1.Cl. The summed E-state index contributed by atoms with van der Waals surface area (Å²) >= 11 is 12.2. The van der Waals surface area contributed by atoms with Crippen LogP contribution in [-0.2, 0) is 10.2 Å². The first-order valence-corrected chi connectivity index (χ1v) is 8.70. The van der Waals surface area contributed by atoms with Gasteiger partial charge in [-0.25, -0.2) is 0 Å². The van der Waals surface area contributed by atoms with Crippen molar-refractivity contribution in [3.05, 3.63) is 33.8 Å². The van der Waals surface area contributed by atoms with Crippen LogP contribution >= 0.6 is 35.6 Å². The van der Waals surface area contributed by atoms with Gasteiger partial charge in [-0.05, 0) is 43.4 Å². The molecule has 1 aromatic carbocycles. The Kier molecular flexibility index (Phi) is 7.66. The molecule has 1 aromatic rings. The minimum Gasteiger partial charge on any atom is -0.342 e. The highest BCUT2D eigenvalue weighted by Crippen LogP contribution is 2.37. The van der Waals surface area contributed by atoms with E-state index in [0.29, 0.717) is 10.0 Å². The van der Waals surface area contributed by atoms with Crippen molar-refractivity contribution in [3.8, 4) is 0 Å². The molecule has 0 bridgehead atoms. The summed E-state index contributed by atoms with van der Waals surface area (Å²) in [6, 6.07) is 5.75. The van der Waals surface area contributed by atoms with Gasteiger partial charge in [0.15, 0.2) is 0 Å². The summed E-state index contributed by atoms with van der Waals surface area (Å²) in [6.45, 7) is 5.59. The van der Waals surface area contributed by atoms with Gasteiger partial charge < -0.3 is 10.6 Å². The van der Waals surface area contributed by atoms with Gasteiger partial charge in [0.25, 0.3) is 0 Å². The number of amides is 1.